The highest BCUT2D eigenvalue weighted by Crippen LogP contribution is 2.31. The molecule has 0 unspecified atom stereocenters. The number of anilines is 1. The quantitative estimate of drug-likeness (QED) is 0.573. The summed E-state index contributed by atoms with van der Waals surface area (Å²) in [6, 6.07) is 10.1. The number of furan rings is 1. The molecule has 0 saturated carbocycles. The molecule has 7 nitrogen and oxygen atoms in total. The standard InChI is InChI=1S/C20H21N3O4S3/c1-14-13-28-20(21-14)29-16-7-5-15(6-8-16)22-19(24)17-9-10-18(27-17)30(25,26)23-11-3-2-4-12-23/h5-10,13H,2-4,11-12H2,1H3,(H,22,24). The summed E-state index contributed by atoms with van der Waals surface area (Å²) in [5.74, 6) is -0.534. The minimum absolute atomic E-state index is 0.0395. The summed E-state index contributed by atoms with van der Waals surface area (Å²) in [6.07, 6.45) is 2.70. The maximum Gasteiger partial charge on any atom is 0.291 e. The molecule has 0 bridgehead atoms. The molecule has 2 aromatic heterocycles. The Morgan fingerprint density at radius 1 is 1.13 bits per heavy atom. The predicted molar refractivity (Wildman–Crippen MR) is 117 cm³/mol. The SMILES string of the molecule is Cc1csc(Sc2ccc(NC(=O)c3ccc(S(=O)(=O)N4CCCCC4)o3)cc2)n1. The number of hydrogen-bond donors (Lipinski definition) is 1. The molecule has 4 rings (SSSR count). The Bertz CT molecular complexity index is 1130. The predicted octanol–water partition coefficient (Wildman–Crippen LogP) is 4.62. The summed E-state index contributed by atoms with van der Waals surface area (Å²) in [5.41, 5.74) is 1.59. The van der Waals surface area contributed by atoms with Crippen LogP contribution in [0.1, 0.15) is 35.5 Å². The molecule has 1 aromatic carbocycles. The van der Waals surface area contributed by atoms with Crippen molar-refractivity contribution in [2.75, 3.05) is 18.4 Å². The molecule has 1 aliphatic heterocycles. The van der Waals surface area contributed by atoms with E-state index in [2.05, 4.69) is 10.3 Å². The lowest BCUT2D eigenvalue weighted by Crippen LogP contribution is -2.35. The van der Waals surface area contributed by atoms with E-state index in [1.807, 2.05) is 24.4 Å². The molecule has 0 radical (unpaired) electrons. The highest BCUT2D eigenvalue weighted by Gasteiger charge is 2.29. The average Bonchev–Trinajstić information content (AvgIpc) is 3.40. The number of aromatic nitrogens is 1. The highest BCUT2D eigenvalue weighted by molar-refractivity contribution is 8.01. The van der Waals surface area contributed by atoms with Crippen LogP contribution in [0.3, 0.4) is 0 Å². The fourth-order valence-electron chi connectivity index (χ4n) is 3.09. The third kappa shape index (κ3) is 4.77. The summed E-state index contributed by atoms with van der Waals surface area (Å²) < 4.78 is 33.1. The van der Waals surface area contributed by atoms with Crippen LogP contribution in [-0.2, 0) is 10.0 Å². The van der Waals surface area contributed by atoms with Crippen LogP contribution < -0.4 is 5.32 Å². The van der Waals surface area contributed by atoms with E-state index in [4.69, 9.17) is 4.42 Å². The molecule has 0 atom stereocenters. The molecule has 3 heterocycles. The first-order valence-corrected chi connectivity index (χ1v) is 12.7. The van der Waals surface area contributed by atoms with E-state index in [0.717, 1.165) is 34.2 Å². The normalized spacial score (nSPS) is 15.2. The summed E-state index contributed by atoms with van der Waals surface area (Å²) in [5, 5.41) is 4.54. The van der Waals surface area contributed by atoms with Crippen LogP contribution in [0.2, 0.25) is 0 Å². The van der Waals surface area contributed by atoms with Crippen molar-refractivity contribution in [1.29, 1.82) is 0 Å². The second-order valence-electron chi connectivity index (χ2n) is 6.92. The lowest BCUT2D eigenvalue weighted by Gasteiger charge is -2.24. The van der Waals surface area contributed by atoms with Crippen LogP contribution in [-0.4, -0.2) is 36.7 Å². The molecule has 10 heteroatoms. The molecule has 1 amide bonds. The number of sulfonamides is 1. The molecule has 1 saturated heterocycles. The molecule has 1 fully saturated rings. The third-order valence-electron chi connectivity index (χ3n) is 4.63. The molecular formula is C20H21N3O4S3. The first-order chi connectivity index (χ1) is 14.4. The summed E-state index contributed by atoms with van der Waals surface area (Å²) >= 11 is 3.14. The Morgan fingerprint density at radius 2 is 1.87 bits per heavy atom. The first-order valence-electron chi connectivity index (χ1n) is 9.53. The smallest absolute Gasteiger partial charge is 0.291 e. The lowest BCUT2D eigenvalue weighted by atomic mass is 10.2. The third-order valence-corrected chi connectivity index (χ3v) is 8.47. The number of aryl methyl sites for hydroxylation is 1. The van der Waals surface area contributed by atoms with E-state index < -0.39 is 15.9 Å². The van der Waals surface area contributed by atoms with E-state index in [1.54, 1.807) is 35.2 Å². The number of carbonyl (C=O) groups excluding carboxylic acids is 1. The lowest BCUT2D eigenvalue weighted by molar-refractivity contribution is 0.0991. The number of nitrogens with zero attached hydrogens (tertiary/aromatic N) is 2. The number of rotatable bonds is 6. The Balaban J connectivity index is 1.40. The van der Waals surface area contributed by atoms with E-state index in [9.17, 15) is 13.2 Å². The van der Waals surface area contributed by atoms with Gasteiger partial charge in [-0.3, -0.25) is 4.79 Å². The van der Waals surface area contributed by atoms with Gasteiger partial charge in [0.1, 0.15) is 0 Å². The first kappa shape index (κ1) is 21.1. The summed E-state index contributed by atoms with van der Waals surface area (Å²) in [4.78, 5) is 17.9. The maximum absolute atomic E-state index is 12.7. The summed E-state index contributed by atoms with van der Waals surface area (Å²) in [7, 11) is -3.70. The molecule has 158 valence electrons. The highest BCUT2D eigenvalue weighted by atomic mass is 32.2. The Hall–Kier alpha value is -2.14. The molecule has 30 heavy (non-hydrogen) atoms. The minimum atomic E-state index is -3.70. The van der Waals surface area contributed by atoms with Crippen LogP contribution in [0.4, 0.5) is 5.69 Å². The minimum Gasteiger partial charge on any atom is -0.438 e. The van der Waals surface area contributed by atoms with Gasteiger partial charge in [-0.05, 0) is 56.2 Å². The maximum atomic E-state index is 12.7. The molecule has 1 aliphatic rings. The monoisotopic (exact) mass is 463 g/mol. The van der Waals surface area contributed by atoms with Crippen LogP contribution in [0, 0.1) is 6.92 Å². The fourth-order valence-corrected chi connectivity index (χ4v) is 6.33. The van der Waals surface area contributed by atoms with E-state index in [0.29, 0.717) is 18.8 Å². The Kier molecular flexibility index (Phi) is 6.28. The van der Waals surface area contributed by atoms with Gasteiger partial charge >= 0.3 is 0 Å². The van der Waals surface area contributed by atoms with Gasteiger partial charge < -0.3 is 9.73 Å². The topological polar surface area (TPSA) is 92.5 Å². The van der Waals surface area contributed by atoms with Crippen LogP contribution in [0.5, 0.6) is 0 Å². The van der Waals surface area contributed by atoms with E-state index in [1.165, 1.54) is 16.4 Å². The van der Waals surface area contributed by atoms with Crippen LogP contribution in [0.15, 0.2) is 60.5 Å². The van der Waals surface area contributed by atoms with Gasteiger partial charge in [0.25, 0.3) is 15.9 Å². The van der Waals surface area contributed by atoms with Crippen molar-refractivity contribution in [3.8, 4) is 0 Å². The zero-order valence-electron chi connectivity index (χ0n) is 16.3. The van der Waals surface area contributed by atoms with Gasteiger partial charge in [0, 0.05) is 34.7 Å². The number of amides is 1. The zero-order chi connectivity index (χ0) is 21.1. The zero-order valence-corrected chi connectivity index (χ0v) is 18.8. The Labute approximate surface area is 183 Å². The summed E-state index contributed by atoms with van der Waals surface area (Å²) in [6.45, 7) is 2.92. The second-order valence-corrected chi connectivity index (χ2v) is 11.0. The number of carbonyl (C=O) groups is 1. The Morgan fingerprint density at radius 3 is 2.53 bits per heavy atom. The van der Waals surface area contributed by atoms with Gasteiger partial charge in [0.15, 0.2) is 10.1 Å². The van der Waals surface area contributed by atoms with Crippen LogP contribution >= 0.6 is 23.1 Å². The van der Waals surface area contributed by atoms with E-state index >= 15 is 0 Å². The number of hydrogen-bond acceptors (Lipinski definition) is 7. The molecule has 0 spiro atoms. The van der Waals surface area contributed by atoms with Gasteiger partial charge in [0.2, 0.25) is 5.09 Å². The molecular weight excluding hydrogens is 442 g/mol. The number of nitrogens with one attached hydrogen (secondary N) is 1. The van der Waals surface area contributed by atoms with Crippen molar-refractivity contribution >= 4 is 44.7 Å². The number of thiazole rings is 1. The fraction of sp³-hybridized carbons (Fsp3) is 0.300. The van der Waals surface area contributed by atoms with Gasteiger partial charge in [0.05, 0.1) is 0 Å². The molecule has 0 aliphatic carbocycles. The largest absolute Gasteiger partial charge is 0.438 e. The van der Waals surface area contributed by atoms with Gasteiger partial charge in [-0.15, -0.1) is 11.3 Å². The van der Waals surface area contributed by atoms with Crippen molar-refractivity contribution in [2.24, 2.45) is 0 Å². The van der Waals surface area contributed by atoms with Gasteiger partial charge in [-0.1, -0.05) is 18.2 Å². The van der Waals surface area contributed by atoms with Gasteiger partial charge in [-0.25, -0.2) is 13.4 Å². The van der Waals surface area contributed by atoms with Crippen molar-refractivity contribution in [3.05, 3.63) is 53.2 Å². The van der Waals surface area contributed by atoms with Crippen molar-refractivity contribution < 1.29 is 17.6 Å². The van der Waals surface area contributed by atoms with Crippen molar-refractivity contribution in [3.63, 3.8) is 0 Å². The molecule has 3 aromatic rings. The van der Waals surface area contributed by atoms with Crippen molar-refractivity contribution in [1.82, 2.24) is 9.29 Å². The van der Waals surface area contributed by atoms with Crippen molar-refractivity contribution in [2.45, 2.75) is 40.5 Å². The van der Waals surface area contributed by atoms with Crippen LogP contribution in [0.25, 0.3) is 0 Å². The second kappa shape index (κ2) is 8.93. The van der Waals surface area contributed by atoms with E-state index in [-0.39, 0.29) is 10.9 Å². The number of benzene rings is 1. The van der Waals surface area contributed by atoms with Gasteiger partial charge in [-0.2, -0.15) is 4.31 Å². The average molecular weight is 464 g/mol. The number of piperidine rings is 1. The molecule has 1 N–H and O–H groups in total.